The molecule has 1 aliphatic carbocycles. The van der Waals surface area contributed by atoms with E-state index in [2.05, 4.69) is 94.1 Å². The van der Waals surface area contributed by atoms with E-state index >= 15 is 0 Å². The Morgan fingerprint density at radius 1 is 0.351 bits per heavy atom. The summed E-state index contributed by atoms with van der Waals surface area (Å²) in [4.78, 5) is 3.97. The van der Waals surface area contributed by atoms with Crippen molar-refractivity contribution in [3.05, 3.63) is 307 Å². The van der Waals surface area contributed by atoms with Crippen molar-refractivity contribution in [3.8, 4) is 55.9 Å². The van der Waals surface area contributed by atoms with Gasteiger partial charge in [-0.1, -0.05) is 267 Å². The third kappa shape index (κ3) is 9.63. The Morgan fingerprint density at radius 3 is 0.990 bits per heavy atom. The maximum Gasteiger partial charge on any atom is 0.252 e. The van der Waals surface area contributed by atoms with Crippen LogP contribution in [0, 0.1) is 0 Å². The van der Waals surface area contributed by atoms with E-state index < -0.39 is 138 Å². The van der Waals surface area contributed by atoms with Gasteiger partial charge in [-0.2, -0.15) is 0 Å². The molecule has 468 valence electrons. The number of anilines is 6. The Labute approximate surface area is 598 Å². The van der Waals surface area contributed by atoms with Gasteiger partial charge in [0, 0.05) is 77.9 Å². The van der Waals surface area contributed by atoms with Crippen LogP contribution in [0.25, 0.3) is 99.5 Å². The topological polar surface area (TPSA) is 16.3 Å². The first-order valence-corrected chi connectivity index (χ1v) is 33.4. The monoisotopic (exact) mass is 1270 g/mol. The molecule has 3 aliphatic rings. The highest BCUT2D eigenvalue weighted by Gasteiger charge is 2.46. The summed E-state index contributed by atoms with van der Waals surface area (Å²) in [5.41, 5.74) is 7.83. The van der Waals surface area contributed by atoms with E-state index in [9.17, 15) is 21.9 Å². The molecule has 15 aromatic rings. The lowest BCUT2D eigenvalue weighted by molar-refractivity contribution is 0.444. The van der Waals surface area contributed by atoms with Gasteiger partial charge in [0.25, 0.3) is 6.71 Å². The zero-order valence-electron chi connectivity index (χ0n) is 74.6. The lowest BCUT2D eigenvalue weighted by Crippen LogP contribution is -2.61. The number of rotatable bonds is 9. The van der Waals surface area contributed by atoms with Gasteiger partial charge in [-0.3, -0.25) is 0 Å². The van der Waals surface area contributed by atoms with Crippen molar-refractivity contribution in [2.45, 2.75) is 90.4 Å². The second-order valence-electron chi connectivity index (χ2n) is 28.0. The molecule has 1 fully saturated rings. The van der Waals surface area contributed by atoms with E-state index in [4.69, 9.17) is 5.48 Å². The highest BCUT2D eigenvalue weighted by Crippen LogP contribution is 2.56. The second-order valence-corrected chi connectivity index (χ2v) is 28.0. The van der Waals surface area contributed by atoms with Crippen LogP contribution in [0.1, 0.15) is 124 Å². The minimum absolute atomic E-state index is 0.0540. The summed E-state index contributed by atoms with van der Waals surface area (Å²) in [7, 11) is 0. The van der Waals surface area contributed by atoms with Crippen molar-refractivity contribution in [1.82, 2.24) is 9.13 Å². The molecule has 0 radical (unpaired) electrons. The van der Waals surface area contributed by atoms with Crippen LogP contribution in [0.4, 0.5) is 34.1 Å². The fourth-order valence-electron chi connectivity index (χ4n) is 15.7. The third-order valence-electron chi connectivity index (χ3n) is 20.3. The minimum atomic E-state index is -0.878. The molecule has 0 spiro atoms. The number of benzene rings is 13. The number of hydrogen-bond acceptors (Lipinski definition) is 2. The van der Waals surface area contributed by atoms with Crippen molar-refractivity contribution < 1.29 is 27.4 Å². The molecule has 13 aromatic carbocycles. The lowest BCUT2D eigenvalue weighted by Gasteiger charge is -2.46. The predicted octanol–water partition coefficient (Wildman–Crippen LogP) is 23.3. The van der Waals surface area contributed by atoms with Gasteiger partial charge >= 0.3 is 0 Å². The fourth-order valence-corrected chi connectivity index (χ4v) is 15.7. The molecule has 18 rings (SSSR count). The lowest BCUT2D eigenvalue weighted by atomic mass is 9.33. The van der Waals surface area contributed by atoms with Crippen molar-refractivity contribution >= 4 is 101 Å². The standard InChI is InChI=1S/C92H77BN4/c1-91(2,3)66-54-74(61-32-14-8-15-33-61)89(75(55-66)62-34-16-9-17-35-62)96-84-58-68(94-80-44-26-22-40-70(80)71-41-23-27-45-81(71)94)48-50-78(84)93-79-51-49-69(95-82-46-28-24-42-72(82)73-43-25-29-47-83(73)95)59-85(79)97(87-53-65(52-86(96)88(87)93)60-30-12-7-13-31-60)90-76(63-36-18-10-19-37-63)56-67(92(4,5)6)57-77(90)64-38-20-11-21-39-64/h8-11,14-29,32-60H,7,12-13,30-31H2,1-6H3/i8D,9D,10D,11D,14D,15D,16D,17D,18D,19D,20D,21D,32D,33D,34D,35D,36D,37D,38D,39D. The van der Waals surface area contributed by atoms with E-state index in [0.717, 1.165) is 68.4 Å². The Kier molecular flexibility index (Phi) is 9.73. The van der Waals surface area contributed by atoms with Gasteiger partial charge in [-0.25, -0.2) is 0 Å². The molecule has 0 N–H and O–H groups in total. The molecular formula is C92H77BN4. The quantitative estimate of drug-likeness (QED) is 0.134. The Bertz CT molecular complexity index is 6090. The molecule has 97 heavy (non-hydrogen) atoms. The number of aromatic nitrogens is 2. The average Bonchev–Trinajstić information content (AvgIpc) is 0.792. The highest BCUT2D eigenvalue weighted by atomic mass is 15.2. The van der Waals surface area contributed by atoms with E-state index in [1.165, 1.54) is 0 Å². The maximum absolute atomic E-state index is 10.2. The fraction of sp³-hybridized carbons (Fsp3) is 0.152. The van der Waals surface area contributed by atoms with Gasteiger partial charge in [0.05, 0.1) is 60.9 Å². The van der Waals surface area contributed by atoms with E-state index in [-0.39, 0.29) is 61.8 Å². The van der Waals surface area contributed by atoms with Crippen LogP contribution in [0.5, 0.6) is 0 Å². The molecule has 2 aliphatic heterocycles. The van der Waals surface area contributed by atoms with E-state index in [1.807, 2.05) is 112 Å². The summed E-state index contributed by atoms with van der Waals surface area (Å²) < 4.78 is 198. The molecular weight excluding hydrogens is 1170 g/mol. The van der Waals surface area contributed by atoms with Gasteiger partial charge < -0.3 is 18.9 Å². The SMILES string of the molecule is [2H]c1c([2H])c([2H])c(-c2cc(C(C)(C)C)cc(-c3c([2H])c([2H])c([2H])c([2H])c3[2H])c2N2c3cc(-n4c5ccccc5c5ccccc54)ccc3B3c4ccc(-n5c6ccccc6c6ccccc65)cc4N(c4c(-c5c([2H])c([2H])c([2H])c([2H])c5[2H])cc(C(C)(C)C)cc4-c4c([2H])c([2H])c([2H])c([2H])c4[2H])c4cc(C5CCCCC5)cc2c43)c([2H])c1[2H]. The molecule has 1 saturated carbocycles. The van der Waals surface area contributed by atoms with Crippen molar-refractivity contribution in [1.29, 1.82) is 0 Å². The van der Waals surface area contributed by atoms with Crippen LogP contribution in [-0.2, 0) is 10.8 Å². The summed E-state index contributed by atoms with van der Waals surface area (Å²) in [6.07, 6.45) is 3.95. The summed E-state index contributed by atoms with van der Waals surface area (Å²) in [6.45, 7) is 10.7. The normalized spacial score (nSPS) is 16.9. The van der Waals surface area contributed by atoms with Crippen molar-refractivity contribution in [2.24, 2.45) is 0 Å². The molecule has 2 aromatic heterocycles. The Balaban J connectivity index is 1.11. The number of nitrogens with zero attached hydrogens (tertiary/aromatic N) is 4. The van der Waals surface area contributed by atoms with E-state index in [1.54, 1.807) is 24.3 Å². The van der Waals surface area contributed by atoms with Crippen LogP contribution in [-0.4, -0.2) is 15.8 Å². The first kappa shape index (κ1) is 41.2. The van der Waals surface area contributed by atoms with Gasteiger partial charge in [0.15, 0.2) is 0 Å². The predicted molar refractivity (Wildman–Crippen MR) is 414 cm³/mol. The molecule has 0 atom stereocenters. The molecule has 0 amide bonds. The number of para-hydroxylation sites is 4. The van der Waals surface area contributed by atoms with Crippen molar-refractivity contribution in [3.63, 3.8) is 0 Å². The Hall–Kier alpha value is -10.9. The number of hydrogen-bond donors (Lipinski definition) is 0. The van der Waals surface area contributed by atoms with Crippen LogP contribution in [0.2, 0.25) is 0 Å². The minimum Gasteiger partial charge on any atom is -0.310 e. The van der Waals surface area contributed by atoms with Crippen molar-refractivity contribution in [2.75, 3.05) is 9.80 Å². The second kappa shape index (κ2) is 22.9. The zero-order chi connectivity index (χ0) is 82.7. The zero-order valence-corrected chi connectivity index (χ0v) is 54.6. The summed E-state index contributed by atoms with van der Waals surface area (Å²) >= 11 is 0. The summed E-state index contributed by atoms with van der Waals surface area (Å²) in [5.74, 6) is -0.216. The van der Waals surface area contributed by atoms with Crippen LogP contribution < -0.4 is 26.2 Å². The first-order valence-electron chi connectivity index (χ1n) is 43.4. The van der Waals surface area contributed by atoms with Gasteiger partial charge in [-0.15, -0.1) is 0 Å². The highest BCUT2D eigenvalue weighted by molar-refractivity contribution is 7.00. The van der Waals surface area contributed by atoms with E-state index in [0.29, 0.717) is 74.5 Å². The number of fused-ring (bicyclic) bond motifs is 10. The van der Waals surface area contributed by atoms with Gasteiger partial charge in [0.2, 0.25) is 0 Å². The third-order valence-corrected chi connectivity index (χ3v) is 20.3. The molecule has 0 saturated heterocycles. The van der Waals surface area contributed by atoms with Gasteiger partial charge in [0.1, 0.15) is 0 Å². The smallest absolute Gasteiger partial charge is 0.252 e. The summed E-state index contributed by atoms with van der Waals surface area (Å²) in [6, 6.07) is 43.6. The summed E-state index contributed by atoms with van der Waals surface area (Å²) in [5, 5.41) is 3.84. The van der Waals surface area contributed by atoms with Crippen LogP contribution >= 0.6 is 0 Å². The molecule has 4 heterocycles. The van der Waals surface area contributed by atoms with Gasteiger partial charge in [-0.05, 0) is 170 Å². The molecule has 5 heteroatoms. The first-order chi connectivity index (χ1) is 55.7. The maximum atomic E-state index is 10.2. The van der Waals surface area contributed by atoms with Crippen LogP contribution in [0.3, 0.4) is 0 Å². The van der Waals surface area contributed by atoms with Crippen LogP contribution in [0.15, 0.2) is 291 Å². The molecule has 4 nitrogen and oxygen atoms in total. The Morgan fingerprint density at radius 2 is 0.670 bits per heavy atom. The average molecular weight is 1270 g/mol. The molecule has 0 unspecified atom stereocenters. The molecule has 0 bridgehead atoms. The largest absolute Gasteiger partial charge is 0.310 e.